The Morgan fingerprint density at radius 3 is 2.39 bits per heavy atom. The highest BCUT2D eigenvalue weighted by Crippen LogP contribution is 2.23. The van der Waals surface area contributed by atoms with Gasteiger partial charge < -0.3 is 4.74 Å². The van der Waals surface area contributed by atoms with Crippen LogP contribution in [0.15, 0.2) is 12.1 Å². The number of benzene rings is 1. The van der Waals surface area contributed by atoms with E-state index in [1.165, 1.54) is 3.57 Å². The molecule has 0 amide bonds. The molecule has 0 saturated carbocycles. The van der Waals surface area contributed by atoms with Gasteiger partial charge in [-0.3, -0.25) is 4.79 Å². The number of carbonyl (C=O) groups excluding carboxylic acids is 1. The van der Waals surface area contributed by atoms with Gasteiger partial charge in [-0.1, -0.05) is 0 Å². The van der Waals surface area contributed by atoms with E-state index in [-0.39, 0.29) is 10.9 Å². The molecule has 18 heavy (non-hydrogen) atoms. The first-order chi connectivity index (χ1) is 8.58. The second-order valence-electron chi connectivity index (χ2n) is 3.95. The number of halogens is 3. The van der Waals surface area contributed by atoms with E-state index in [2.05, 4.69) is 73.8 Å². The average Bonchev–Trinajstić information content (AvgIpc) is 2.35. The largest absolute Gasteiger partial charge is 0.372 e. The SMILES string of the molecule is O=C(C[S+]1CCOCC1)c1cc(I)c(I)cc1I. The smallest absolute Gasteiger partial charge is 0.212 e. The van der Waals surface area contributed by atoms with Crippen molar-refractivity contribution in [3.05, 3.63) is 28.4 Å². The Labute approximate surface area is 151 Å². The normalized spacial score (nSPS) is 16.8. The lowest BCUT2D eigenvalue weighted by Gasteiger charge is -2.14. The lowest BCUT2D eigenvalue weighted by molar-refractivity contribution is 0.102. The van der Waals surface area contributed by atoms with Gasteiger partial charge in [0.1, 0.15) is 11.5 Å². The lowest BCUT2D eigenvalue weighted by atomic mass is 10.1. The minimum atomic E-state index is 0.222. The molecule has 1 aromatic carbocycles. The van der Waals surface area contributed by atoms with Gasteiger partial charge in [-0.25, -0.2) is 0 Å². The van der Waals surface area contributed by atoms with Crippen LogP contribution in [0.1, 0.15) is 10.4 Å². The third-order valence-corrected chi connectivity index (χ3v) is 8.55. The second kappa shape index (κ2) is 7.41. The summed E-state index contributed by atoms with van der Waals surface area (Å²) in [6.45, 7) is 1.63. The van der Waals surface area contributed by atoms with E-state index >= 15 is 0 Å². The molecular formula is C12H12I3O2S+. The van der Waals surface area contributed by atoms with Crippen molar-refractivity contribution >= 4 is 84.5 Å². The fraction of sp³-hybridized carbons (Fsp3) is 0.417. The first-order valence-electron chi connectivity index (χ1n) is 5.47. The van der Waals surface area contributed by atoms with Gasteiger partial charge in [0.05, 0.1) is 13.2 Å². The zero-order valence-corrected chi connectivity index (χ0v) is 16.8. The summed E-state index contributed by atoms with van der Waals surface area (Å²) in [6.07, 6.45) is 0. The van der Waals surface area contributed by atoms with E-state index in [1.54, 1.807) is 0 Å². The molecule has 6 heteroatoms. The second-order valence-corrected chi connectivity index (χ2v) is 9.76. The van der Waals surface area contributed by atoms with Crippen LogP contribution in [0.3, 0.4) is 0 Å². The van der Waals surface area contributed by atoms with Crippen LogP contribution < -0.4 is 0 Å². The lowest BCUT2D eigenvalue weighted by Crippen LogP contribution is -2.31. The number of carbonyl (C=O) groups is 1. The summed E-state index contributed by atoms with van der Waals surface area (Å²) in [6, 6.07) is 4.11. The number of ether oxygens (including phenoxy) is 1. The van der Waals surface area contributed by atoms with E-state index in [0.717, 1.165) is 37.4 Å². The third kappa shape index (κ3) is 4.19. The molecule has 2 nitrogen and oxygen atoms in total. The fourth-order valence-electron chi connectivity index (χ4n) is 1.70. The zero-order valence-electron chi connectivity index (χ0n) is 9.55. The van der Waals surface area contributed by atoms with Crippen LogP contribution in [0.5, 0.6) is 0 Å². The molecule has 1 aromatic rings. The molecule has 0 radical (unpaired) electrons. The van der Waals surface area contributed by atoms with E-state index < -0.39 is 0 Å². The summed E-state index contributed by atoms with van der Waals surface area (Å²) in [5.74, 6) is 3.07. The number of ketones is 1. The molecule has 0 unspecified atom stereocenters. The maximum Gasteiger partial charge on any atom is 0.212 e. The van der Waals surface area contributed by atoms with Crippen molar-refractivity contribution in [2.75, 3.05) is 30.5 Å². The topological polar surface area (TPSA) is 26.3 Å². The quantitative estimate of drug-likeness (QED) is 0.230. The highest BCUT2D eigenvalue weighted by Gasteiger charge is 2.27. The predicted octanol–water partition coefficient (Wildman–Crippen LogP) is 3.33. The van der Waals surface area contributed by atoms with Gasteiger partial charge in [0.25, 0.3) is 0 Å². The average molecular weight is 601 g/mol. The molecule has 1 fully saturated rings. The first-order valence-corrected chi connectivity index (χ1v) is 10.4. The van der Waals surface area contributed by atoms with Gasteiger partial charge >= 0.3 is 0 Å². The summed E-state index contributed by atoms with van der Waals surface area (Å²) in [7, 11) is 0.222. The van der Waals surface area contributed by atoms with E-state index in [9.17, 15) is 4.79 Å². The van der Waals surface area contributed by atoms with Gasteiger partial charge in [0.2, 0.25) is 5.78 Å². The monoisotopic (exact) mass is 601 g/mol. The molecule has 0 N–H and O–H groups in total. The molecule has 0 atom stereocenters. The summed E-state index contributed by atoms with van der Waals surface area (Å²) >= 11 is 6.86. The van der Waals surface area contributed by atoms with Crippen molar-refractivity contribution in [1.29, 1.82) is 0 Å². The van der Waals surface area contributed by atoms with Gasteiger partial charge in [-0.05, 0) is 79.9 Å². The Morgan fingerprint density at radius 1 is 1.11 bits per heavy atom. The molecule has 1 heterocycles. The van der Waals surface area contributed by atoms with Crippen molar-refractivity contribution in [1.82, 2.24) is 0 Å². The van der Waals surface area contributed by atoms with Gasteiger partial charge in [-0.15, -0.1) is 0 Å². The van der Waals surface area contributed by atoms with Crippen molar-refractivity contribution < 1.29 is 9.53 Å². The summed E-state index contributed by atoms with van der Waals surface area (Å²) < 4.78 is 8.78. The Hall–Kier alpha value is 1.39. The highest BCUT2D eigenvalue weighted by molar-refractivity contribution is 14.1. The van der Waals surface area contributed by atoms with Crippen molar-refractivity contribution in [2.45, 2.75) is 0 Å². The standard InChI is InChI=1S/C12H12I3O2S/c13-9-6-11(15)10(14)5-8(9)12(16)7-18-3-1-17-2-4-18/h5-6H,1-4,7H2/q+1. The molecule has 1 aliphatic rings. The van der Waals surface area contributed by atoms with Crippen molar-refractivity contribution in [2.24, 2.45) is 0 Å². The highest BCUT2D eigenvalue weighted by atomic mass is 127. The molecule has 2 rings (SSSR count). The van der Waals surface area contributed by atoms with E-state index in [0.29, 0.717) is 11.5 Å². The molecule has 0 spiro atoms. The summed E-state index contributed by atoms with van der Waals surface area (Å²) in [5, 5.41) is 0. The van der Waals surface area contributed by atoms with Gasteiger partial charge in [0.15, 0.2) is 5.75 Å². The van der Waals surface area contributed by atoms with Crippen LogP contribution in [0.4, 0.5) is 0 Å². The Morgan fingerprint density at radius 2 is 1.72 bits per heavy atom. The van der Waals surface area contributed by atoms with Gasteiger partial charge in [-0.2, -0.15) is 0 Å². The number of Topliss-reactive ketones (excluding diaryl/α,β-unsaturated/α-hetero) is 1. The molecule has 0 aliphatic carbocycles. The van der Waals surface area contributed by atoms with E-state index in [4.69, 9.17) is 4.74 Å². The number of rotatable bonds is 3. The Bertz CT molecular complexity index is 459. The molecular weight excluding hydrogens is 589 g/mol. The molecule has 98 valence electrons. The third-order valence-electron chi connectivity index (χ3n) is 2.68. The maximum absolute atomic E-state index is 12.4. The minimum absolute atomic E-state index is 0.222. The van der Waals surface area contributed by atoms with Crippen LogP contribution in [-0.4, -0.2) is 36.3 Å². The Balaban J connectivity index is 2.10. The van der Waals surface area contributed by atoms with Crippen molar-refractivity contribution in [3.63, 3.8) is 0 Å². The molecule has 1 saturated heterocycles. The molecule has 1 aliphatic heterocycles. The van der Waals surface area contributed by atoms with Gasteiger partial charge in [0, 0.05) is 27.2 Å². The van der Waals surface area contributed by atoms with Crippen LogP contribution in [-0.2, 0) is 15.6 Å². The van der Waals surface area contributed by atoms with E-state index in [1.807, 2.05) is 6.07 Å². The molecule has 0 aromatic heterocycles. The van der Waals surface area contributed by atoms with Crippen molar-refractivity contribution in [3.8, 4) is 0 Å². The summed E-state index contributed by atoms with van der Waals surface area (Å²) in [4.78, 5) is 12.4. The zero-order chi connectivity index (χ0) is 13.1. The van der Waals surface area contributed by atoms with Crippen LogP contribution in [0.25, 0.3) is 0 Å². The minimum Gasteiger partial charge on any atom is -0.372 e. The van der Waals surface area contributed by atoms with Crippen LogP contribution in [0, 0.1) is 10.7 Å². The summed E-state index contributed by atoms with van der Waals surface area (Å²) in [5.41, 5.74) is 0.888. The first kappa shape index (κ1) is 15.8. The fourth-order valence-corrected chi connectivity index (χ4v) is 5.73. The molecule has 0 bridgehead atoms. The Kier molecular flexibility index (Phi) is 6.50. The predicted molar refractivity (Wildman–Crippen MR) is 102 cm³/mol. The number of hydrogen-bond donors (Lipinski definition) is 0. The maximum atomic E-state index is 12.4. The van der Waals surface area contributed by atoms with Crippen LogP contribution >= 0.6 is 67.8 Å². The van der Waals surface area contributed by atoms with Crippen LogP contribution in [0.2, 0.25) is 0 Å². The number of hydrogen-bond acceptors (Lipinski definition) is 2.